The standard InChI is InChI=1S/C22H17Cl3N2O3/c23-17-6-3-4-15(10-17)13-29-20-7-2-1-5-16(20)12-26-27-22(28)14-30-21-9-8-18(24)11-19(21)25/h1-12H,13-14H2,(H,27,28)/b26-12-. The fourth-order valence-corrected chi connectivity index (χ4v) is 3.12. The van der Waals surface area contributed by atoms with Crippen LogP contribution in [-0.2, 0) is 11.4 Å². The molecule has 0 unspecified atom stereocenters. The lowest BCUT2D eigenvalue weighted by molar-refractivity contribution is -0.123. The van der Waals surface area contributed by atoms with Crippen LogP contribution in [0.25, 0.3) is 0 Å². The third-order valence-electron chi connectivity index (χ3n) is 3.85. The Morgan fingerprint density at radius 3 is 2.50 bits per heavy atom. The number of hydrazone groups is 1. The molecule has 5 nitrogen and oxygen atoms in total. The minimum Gasteiger partial charge on any atom is -0.488 e. The lowest BCUT2D eigenvalue weighted by Gasteiger charge is -2.09. The number of carbonyl (C=O) groups excluding carboxylic acids is 1. The van der Waals surface area contributed by atoms with E-state index in [9.17, 15) is 4.79 Å². The number of rotatable bonds is 8. The van der Waals surface area contributed by atoms with Gasteiger partial charge in [-0.3, -0.25) is 4.79 Å². The number of amides is 1. The molecule has 0 aliphatic carbocycles. The highest BCUT2D eigenvalue weighted by Crippen LogP contribution is 2.27. The predicted octanol–water partition coefficient (Wildman–Crippen LogP) is 5.75. The van der Waals surface area contributed by atoms with Crippen LogP contribution in [0.5, 0.6) is 11.5 Å². The second-order valence-electron chi connectivity index (χ2n) is 6.11. The molecule has 0 saturated carbocycles. The second kappa shape index (κ2) is 10.9. The van der Waals surface area contributed by atoms with Crippen LogP contribution in [0.1, 0.15) is 11.1 Å². The van der Waals surface area contributed by atoms with Crippen molar-refractivity contribution in [2.45, 2.75) is 6.61 Å². The van der Waals surface area contributed by atoms with Crippen molar-refractivity contribution in [3.05, 3.63) is 92.9 Å². The zero-order chi connectivity index (χ0) is 21.3. The van der Waals surface area contributed by atoms with Gasteiger partial charge in [0.1, 0.15) is 18.1 Å². The van der Waals surface area contributed by atoms with Gasteiger partial charge in [-0.15, -0.1) is 0 Å². The Bertz CT molecular complexity index is 1060. The Kier molecular flexibility index (Phi) is 7.97. The Morgan fingerprint density at radius 1 is 0.900 bits per heavy atom. The van der Waals surface area contributed by atoms with Gasteiger partial charge in [0.25, 0.3) is 5.91 Å². The maximum absolute atomic E-state index is 11.9. The van der Waals surface area contributed by atoms with Gasteiger partial charge < -0.3 is 9.47 Å². The minimum absolute atomic E-state index is 0.244. The number of nitrogens with one attached hydrogen (secondary N) is 1. The molecule has 1 amide bonds. The van der Waals surface area contributed by atoms with Gasteiger partial charge in [-0.2, -0.15) is 5.10 Å². The van der Waals surface area contributed by atoms with Crippen molar-refractivity contribution in [1.82, 2.24) is 5.43 Å². The van der Waals surface area contributed by atoms with Gasteiger partial charge in [0.2, 0.25) is 0 Å². The largest absolute Gasteiger partial charge is 0.488 e. The van der Waals surface area contributed by atoms with E-state index in [4.69, 9.17) is 44.3 Å². The molecule has 3 aromatic rings. The summed E-state index contributed by atoms with van der Waals surface area (Å²) >= 11 is 17.8. The van der Waals surface area contributed by atoms with Gasteiger partial charge in [0, 0.05) is 15.6 Å². The van der Waals surface area contributed by atoms with E-state index < -0.39 is 5.91 Å². The Balaban J connectivity index is 1.53. The van der Waals surface area contributed by atoms with E-state index in [1.165, 1.54) is 12.3 Å². The van der Waals surface area contributed by atoms with Crippen LogP contribution in [0.3, 0.4) is 0 Å². The summed E-state index contributed by atoms with van der Waals surface area (Å²) < 4.78 is 11.2. The maximum Gasteiger partial charge on any atom is 0.277 e. The molecular weight excluding hydrogens is 447 g/mol. The molecular formula is C22H17Cl3N2O3. The molecule has 154 valence electrons. The van der Waals surface area contributed by atoms with Gasteiger partial charge in [0.05, 0.1) is 11.2 Å². The maximum atomic E-state index is 11.9. The van der Waals surface area contributed by atoms with Crippen molar-refractivity contribution < 1.29 is 14.3 Å². The number of benzene rings is 3. The summed E-state index contributed by atoms with van der Waals surface area (Å²) in [6, 6.07) is 19.5. The zero-order valence-corrected chi connectivity index (χ0v) is 17.9. The predicted molar refractivity (Wildman–Crippen MR) is 120 cm³/mol. The lowest BCUT2D eigenvalue weighted by Crippen LogP contribution is -2.24. The number of hydrogen-bond donors (Lipinski definition) is 1. The molecule has 3 rings (SSSR count). The second-order valence-corrected chi connectivity index (χ2v) is 7.39. The third kappa shape index (κ3) is 6.66. The first-order valence-electron chi connectivity index (χ1n) is 8.87. The van der Waals surface area contributed by atoms with Crippen LogP contribution in [0.4, 0.5) is 0 Å². The Morgan fingerprint density at radius 2 is 1.70 bits per heavy atom. The molecule has 0 aliphatic heterocycles. The van der Waals surface area contributed by atoms with Crippen LogP contribution in [0.2, 0.25) is 15.1 Å². The van der Waals surface area contributed by atoms with Crippen molar-refractivity contribution in [1.29, 1.82) is 0 Å². The smallest absolute Gasteiger partial charge is 0.277 e. The van der Waals surface area contributed by atoms with Gasteiger partial charge in [-0.25, -0.2) is 5.43 Å². The summed E-state index contributed by atoms with van der Waals surface area (Å²) in [6.45, 7) is 0.110. The van der Waals surface area contributed by atoms with E-state index in [1.54, 1.807) is 18.2 Å². The van der Waals surface area contributed by atoms with Crippen LogP contribution >= 0.6 is 34.8 Å². The van der Waals surface area contributed by atoms with Gasteiger partial charge in [-0.1, -0.05) is 59.1 Å². The SMILES string of the molecule is O=C(COc1ccc(Cl)cc1Cl)N/N=C\c1ccccc1OCc1cccc(Cl)c1. The summed E-state index contributed by atoms with van der Waals surface area (Å²) in [5.41, 5.74) is 4.06. The molecule has 3 aromatic carbocycles. The normalized spacial score (nSPS) is 10.8. The first-order chi connectivity index (χ1) is 14.5. The summed E-state index contributed by atoms with van der Waals surface area (Å²) in [4.78, 5) is 11.9. The molecule has 0 heterocycles. The summed E-state index contributed by atoms with van der Waals surface area (Å²) in [7, 11) is 0. The molecule has 0 aromatic heterocycles. The first kappa shape index (κ1) is 22.0. The van der Waals surface area contributed by atoms with Crippen molar-refractivity contribution in [2.24, 2.45) is 5.10 Å². The highest BCUT2D eigenvalue weighted by Gasteiger charge is 2.06. The van der Waals surface area contributed by atoms with Gasteiger partial charge in [-0.05, 0) is 48.0 Å². The van der Waals surface area contributed by atoms with E-state index in [0.717, 1.165) is 5.56 Å². The molecule has 0 atom stereocenters. The highest BCUT2D eigenvalue weighted by atomic mass is 35.5. The first-order valence-corrected chi connectivity index (χ1v) is 10.0. The number of nitrogens with zero attached hydrogens (tertiary/aromatic N) is 1. The number of halogens is 3. The van der Waals surface area contributed by atoms with Crippen LogP contribution in [0.15, 0.2) is 71.8 Å². The van der Waals surface area contributed by atoms with E-state index in [0.29, 0.717) is 38.7 Å². The number of ether oxygens (including phenoxy) is 2. The lowest BCUT2D eigenvalue weighted by atomic mass is 10.2. The van der Waals surface area contributed by atoms with Crippen molar-refractivity contribution in [3.63, 3.8) is 0 Å². The fraction of sp³-hybridized carbons (Fsp3) is 0.0909. The fourth-order valence-electron chi connectivity index (χ4n) is 2.45. The molecule has 0 aliphatic rings. The Hall–Kier alpha value is -2.73. The Labute approximate surface area is 189 Å². The molecule has 0 radical (unpaired) electrons. The quantitative estimate of drug-likeness (QED) is 0.341. The molecule has 8 heteroatoms. The van der Waals surface area contributed by atoms with E-state index in [1.807, 2.05) is 42.5 Å². The van der Waals surface area contributed by atoms with Gasteiger partial charge in [0.15, 0.2) is 6.61 Å². The van der Waals surface area contributed by atoms with Crippen molar-refractivity contribution in [2.75, 3.05) is 6.61 Å². The molecule has 1 N–H and O–H groups in total. The molecule has 0 saturated heterocycles. The highest BCUT2D eigenvalue weighted by molar-refractivity contribution is 6.35. The van der Waals surface area contributed by atoms with E-state index >= 15 is 0 Å². The van der Waals surface area contributed by atoms with Crippen LogP contribution in [0, 0.1) is 0 Å². The number of carbonyl (C=O) groups is 1. The number of hydrogen-bond acceptors (Lipinski definition) is 4. The van der Waals surface area contributed by atoms with Crippen LogP contribution < -0.4 is 14.9 Å². The topological polar surface area (TPSA) is 59.9 Å². The minimum atomic E-state index is -0.436. The average Bonchev–Trinajstić information content (AvgIpc) is 2.72. The summed E-state index contributed by atoms with van der Waals surface area (Å²) in [6.07, 6.45) is 1.50. The third-order valence-corrected chi connectivity index (χ3v) is 4.61. The zero-order valence-electron chi connectivity index (χ0n) is 15.6. The summed E-state index contributed by atoms with van der Waals surface area (Å²) in [5.74, 6) is 0.550. The average molecular weight is 464 g/mol. The molecule has 0 fully saturated rings. The van der Waals surface area contributed by atoms with Crippen molar-refractivity contribution in [3.8, 4) is 11.5 Å². The van der Waals surface area contributed by atoms with Crippen molar-refractivity contribution >= 4 is 46.9 Å². The number of para-hydroxylation sites is 1. The van der Waals surface area contributed by atoms with E-state index in [2.05, 4.69) is 10.5 Å². The van der Waals surface area contributed by atoms with Crippen LogP contribution in [-0.4, -0.2) is 18.7 Å². The van der Waals surface area contributed by atoms with E-state index in [-0.39, 0.29) is 6.61 Å². The monoisotopic (exact) mass is 462 g/mol. The summed E-state index contributed by atoms with van der Waals surface area (Å²) in [5, 5.41) is 5.42. The molecule has 0 spiro atoms. The molecule has 0 bridgehead atoms. The molecule has 30 heavy (non-hydrogen) atoms. The van der Waals surface area contributed by atoms with Gasteiger partial charge >= 0.3 is 0 Å².